The summed E-state index contributed by atoms with van der Waals surface area (Å²) in [7, 11) is -1.07. The number of ether oxygens (including phenoxy) is 1. The minimum Gasteiger partial charge on any atom is -0.481 e. The third-order valence-corrected chi connectivity index (χ3v) is 7.64. The zero-order chi connectivity index (χ0) is 23.1. The molecule has 0 aliphatic heterocycles. The topological polar surface area (TPSA) is 101 Å². The lowest BCUT2D eigenvalue weighted by Gasteiger charge is -2.42. The van der Waals surface area contributed by atoms with E-state index in [1.54, 1.807) is 6.20 Å². The van der Waals surface area contributed by atoms with Crippen molar-refractivity contribution in [2.24, 2.45) is 5.92 Å². The van der Waals surface area contributed by atoms with Gasteiger partial charge in [-0.05, 0) is 37.3 Å². The molecule has 0 atom stereocenters. The highest BCUT2D eigenvalue weighted by Crippen LogP contribution is 2.39. The van der Waals surface area contributed by atoms with Crippen molar-refractivity contribution in [2.75, 3.05) is 24.8 Å². The number of aromatic amines is 1. The third-order valence-electron chi connectivity index (χ3n) is 5.87. The molecule has 1 aliphatic rings. The van der Waals surface area contributed by atoms with Crippen molar-refractivity contribution in [2.45, 2.75) is 36.4 Å². The summed E-state index contributed by atoms with van der Waals surface area (Å²) >= 11 is 0. The molecule has 4 rings (SSSR count). The summed E-state index contributed by atoms with van der Waals surface area (Å²) in [4.78, 5) is 16.1. The molecule has 32 heavy (non-hydrogen) atoms. The van der Waals surface area contributed by atoms with Crippen LogP contribution in [0.2, 0.25) is 0 Å². The zero-order valence-corrected chi connectivity index (χ0v) is 18.2. The van der Waals surface area contributed by atoms with Crippen molar-refractivity contribution >= 4 is 26.7 Å². The van der Waals surface area contributed by atoms with Crippen molar-refractivity contribution in [3.8, 4) is 5.88 Å². The molecule has 1 saturated carbocycles. The fourth-order valence-corrected chi connectivity index (χ4v) is 5.59. The van der Waals surface area contributed by atoms with E-state index in [-0.39, 0.29) is 30.0 Å². The minimum atomic E-state index is -4.90. The first-order valence-corrected chi connectivity index (χ1v) is 11.6. The van der Waals surface area contributed by atoms with Crippen LogP contribution in [0.5, 0.6) is 5.88 Å². The lowest BCUT2D eigenvalue weighted by Crippen LogP contribution is -2.43. The van der Waals surface area contributed by atoms with Gasteiger partial charge in [0.15, 0.2) is 15.5 Å². The molecule has 0 radical (unpaired) electrons. The molecule has 172 valence electrons. The Bertz CT molecular complexity index is 1220. The second-order valence-corrected chi connectivity index (χ2v) is 9.92. The van der Waals surface area contributed by atoms with Gasteiger partial charge in [-0.1, -0.05) is 0 Å². The van der Waals surface area contributed by atoms with Gasteiger partial charge in [-0.3, -0.25) is 0 Å². The smallest absolute Gasteiger partial charge is 0.434 e. The molecular formula is C20H22F3N5O3S. The van der Waals surface area contributed by atoms with E-state index < -0.39 is 26.6 Å². The largest absolute Gasteiger partial charge is 0.481 e. The van der Waals surface area contributed by atoms with Crippen LogP contribution in [0.25, 0.3) is 11.0 Å². The van der Waals surface area contributed by atoms with Crippen LogP contribution in [0, 0.1) is 5.92 Å². The molecule has 1 fully saturated rings. The molecule has 0 saturated heterocycles. The Morgan fingerprint density at radius 2 is 1.97 bits per heavy atom. The van der Waals surface area contributed by atoms with Gasteiger partial charge in [-0.25, -0.2) is 23.4 Å². The van der Waals surface area contributed by atoms with Gasteiger partial charge in [0.05, 0.1) is 23.1 Å². The molecule has 0 bridgehead atoms. The molecule has 0 unspecified atom stereocenters. The van der Waals surface area contributed by atoms with Crippen LogP contribution >= 0.6 is 0 Å². The van der Waals surface area contributed by atoms with Gasteiger partial charge in [0.1, 0.15) is 17.8 Å². The standard InChI is InChI=1S/C20H22F3N5O3S/c1-28(19-14-5-7-24-18(14)25-11-26-19)13-9-12(10-13)6-8-32(29,30)15-3-4-16(31-2)27-17(15)20(21,22)23/h3-5,7,11-13H,6,8-10H2,1-2H3,(H,24,25,26)/t12-,13+. The van der Waals surface area contributed by atoms with Crippen molar-refractivity contribution in [3.63, 3.8) is 0 Å². The van der Waals surface area contributed by atoms with E-state index in [1.165, 1.54) is 13.4 Å². The summed E-state index contributed by atoms with van der Waals surface area (Å²) in [5.41, 5.74) is -0.709. The van der Waals surface area contributed by atoms with Gasteiger partial charge in [-0.2, -0.15) is 13.2 Å². The Kier molecular flexibility index (Phi) is 5.74. The fraction of sp³-hybridized carbons (Fsp3) is 0.450. The first-order valence-electron chi connectivity index (χ1n) is 9.96. The van der Waals surface area contributed by atoms with E-state index in [0.717, 1.165) is 41.8 Å². The van der Waals surface area contributed by atoms with Crippen LogP contribution < -0.4 is 9.64 Å². The van der Waals surface area contributed by atoms with Gasteiger partial charge in [0.2, 0.25) is 5.88 Å². The number of hydrogen-bond donors (Lipinski definition) is 1. The number of nitrogens with one attached hydrogen (secondary N) is 1. The van der Waals surface area contributed by atoms with E-state index in [4.69, 9.17) is 4.74 Å². The Morgan fingerprint density at radius 3 is 2.66 bits per heavy atom. The Hall–Kier alpha value is -2.89. The summed E-state index contributed by atoms with van der Waals surface area (Å²) < 4.78 is 70.2. The van der Waals surface area contributed by atoms with E-state index in [1.807, 2.05) is 18.0 Å². The van der Waals surface area contributed by atoms with Crippen molar-refractivity contribution in [1.29, 1.82) is 0 Å². The summed E-state index contributed by atoms with van der Waals surface area (Å²) in [5, 5.41) is 0.896. The molecule has 12 heteroatoms. The van der Waals surface area contributed by atoms with Crippen LogP contribution in [0.1, 0.15) is 25.0 Å². The van der Waals surface area contributed by atoms with Crippen LogP contribution in [0.3, 0.4) is 0 Å². The number of fused-ring (bicyclic) bond motifs is 1. The molecular weight excluding hydrogens is 447 g/mol. The Balaban J connectivity index is 1.41. The quantitative estimate of drug-likeness (QED) is 0.566. The predicted molar refractivity (Wildman–Crippen MR) is 111 cm³/mol. The second kappa shape index (κ2) is 8.23. The predicted octanol–water partition coefficient (Wildman–Crippen LogP) is 3.46. The number of aromatic nitrogens is 4. The number of H-pyrrole nitrogens is 1. The van der Waals surface area contributed by atoms with E-state index >= 15 is 0 Å². The maximum Gasteiger partial charge on any atom is 0.434 e. The highest BCUT2D eigenvalue weighted by Gasteiger charge is 2.40. The maximum atomic E-state index is 13.4. The van der Waals surface area contributed by atoms with Crippen LogP contribution in [-0.2, 0) is 16.0 Å². The number of anilines is 1. The maximum absolute atomic E-state index is 13.4. The summed E-state index contributed by atoms with van der Waals surface area (Å²) in [6, 6.07) is 4.10. The molecule has 3 heterocycles. The summed E-state index contributed by atoms with van der Waals surface area (Å²) in [6.07, 6.45) is 0.106. The number of rotatable bonds is 7. The molecule has 0 aromatic carbocycles. The monoisotopic (exact) mass is 469 g/mol. The lowest BCUT2D eigenvalue weighted by atomic mass is 9.78. The molecule has 3 aromatic heterocycles. The third kappa shape index (κ3) is 4.23. The van der Waals surface area contributed by atoms with E-state index in [2.05, 4.69) is 19.9 Å². The average Bonchev–Trinajstić information content (AvgIpc) is 3.20. The van der Waals surface area contributed by atoms with Gasteiger partial charge in [-0.15, -0.1) is 0 Å². The molecule has 8 nitrogen and oxygen atoms in total. The highest BCUT2D eigenvalue weighted by molar-refractivity contribution is 7.91. The Morgan fingerprint density at radius 1 is 1.22 bits per heavy atom. The lowest BCUT2D eigenvalue weighted by molar-refractivity contribution is -0.143. The fourth-order valence-electron chi connectivity index (χ4n) is 3.99. The van der Waals surface area contributed by atoms with Gasteiger partial charge in [0, 0.05) is 25.4 Å². The first kappa shape index (κ1) is 22.3. The molecule has 0 amide bonds. The molecule has 3 aromatic rings. The van der Waals surface area contributed by atoms with E-state index in [0.29, 0.717) is 0 Å². The number of pyridine rings is 1. The average molecular weight is 469 g/mol. The van der Waals surface area contributed by atoms with Crippen LogP contribution in [0.15, 0.2) is 35.6 Å². The van der Waals surface area contributed by atoms with Crippen molar-refractivity contribution < 1.29 is 26.3 Å². The first-order chi connectivity index (χ1) is 15.1. The van der Waals surface area contributed by atoms with Crippen LogP contribution in [0.4, 0.5) is 19.0 Å². The van der Waals surface area contributed by atoms with E-state index in [9.17, 15) is 21.6 Å². The number of alkyl halides is 3. The SMILES string of the molecule is COc1ccc(S(=O)(=O)CC[C@H]2C[C@@H](N(C)c3ncnc4[nH]ccc34)C2)c(C(F)(F)F)n1. The number of sulfone groups is 1. The molecule has 1 N–H and O–H groups in total. The highest BCUT2D eigenvalue weighted by atomic mass is 32.2. The van der Waals surface area contributed by atoms with Crippen molar-refractivity contribution in [3.05, 3.63) is 36.4 Å². The number of halogens is 3. The normalized spacial score (nSPS) is 19.0. The van der Waals surface area contributed by atoms with Gasteiger partial charge < -0.3 is 14.6 Å². The number of nitrogens with zero attached hydrogens (tertiary/aromatic N) is 4. The zero-order valence-electron chi connectivity index (χ0n) is 17.4. The van der Waals surface area contributed by atoms with Crippen molar-refractivity contribution in [1.82, 2.24) is 19.9 Å². The summed E-state index contributed by atoms with van der Waals surface area (Å²) in [5.74, 6) is 0.218. The van der Waals surface area contributed by atoms with Gasteiger partial charge in [0.25, 0.3) is 0 Å². The minimum absolute atomic E-state index is 0.0984. The number of hydrogen-bond acceptors (Lipinski definition) is 7. The molecule has 1 aliphatic carbocycles. The van der Waals surface area contributed by atoms with Crippen LogP contribution in [-0.4, -0.2) is 54.3 Å². The second-order valence-electron chi connectivity index (χ2n) is 7.85. The molecule has 0 spiro atoms. The van der Waals surface area contributed by atoms with Gasteiger partial charge >= 0.3 is 6.18 Å². The Labute approximate surface area is 182 Å². The summed E-state index contributed by atoms with van der Waals surface area (Å²) in [6.45, 7) is 0. The number of methoxy groups -OCH3 is 1.